The van der Waals surface area contributed by atoms with Gasteiger partial charge in [0.2, 0.25) is 15.9 Å². The van der Waals surface area contributed by atoms with Crippen LogP contribution in [-0.4, -0.2) is 53.3 Å². The van der Waals surface area contributed by atoms with Crippen LogP contribution in [0.25, 0.3) is 0 Å². The lowest BCUT2D eigenvalue weighted by atomic mass is 10.2. The van der Waals surface area contributed by atoms with Crippen molar-refractivity contribution in [1.82, 2.24) is 19.4 Å². The van der Waals surface area contributed by atoms with E-state index in [1.54, 1.807) is 10.9 Å². The van der Waals surface area contributed by atoms with Crippen molar-refractivity contribution in [2.45, 2.75) is 38.4 Å². The quantitative estimate of drug-likeness (QED) is 0.817. The fraction of sp³-hybridized carbons (Fsp3) is 0.667. The van der Waals surface area contributed by atoms with Gasteiger partial charge in [-0.25, -0.2) is 8.42 Å². The normalized spacial score (nSPS) is 21.8. The largest absolute Gasteiger partial charge is 0.350 e. The molecule has 8 heteroatoms. The summed E-state index contributed by atoms with van der Waals surface area (Å²) in [7, 11) is -3.33. The van der Waals surface area contributed by atoms with Crippen LogP contribution >= 0.6 is 0 Å². The van der Waals surface area contributed by atoms with E-state index < -0.39 is 16.1 Å². The number of carbonyl (C=O) groups excluding carboxylic acids is 1. The second-order valence-electron chi connectivity index (χ2n) is 5.17. The van der Waals surface area contributed by atoms with Gasteiger partial charge >= 0.3 is 0 Å². The molecule has 20 heavy (non-hydrogen) atoms. The van der Waals surface area contributed by atoms with Gasteiger partial charge in [0.15, 0.2) is 0 Å². The van der Waals surface area contributed by atoms with Crippen molar-refractivity contribution < 1.29 is 13.2 Å². The van der Waals surface area contributed by atoms with Crippen LogP contribution in [0.1, 0.15) is 19.8 Å². The van der Waals surface area contributed by atoms with Gasteiger partial charge in [-0.3, -0.25) is 9.48 Å². The second kappa shape index (κ2) is 5.92. The van der Waals surface area contributed by atoms with Gasteiger partial charge in [0.25, 0.3) is 0 Å². The fourth-order valence-corrected chi connectivity index (χ4v) is 3.60. The molecule has 0 spiro atoms. The van der Waals surface area contributed by atoms with Gasteiger partial charge in [-0.05, 0) is 25.8 Å². The molecule has 1 aliphatic rings. The Morgan fingerprint density at radius 1 is 1.55 bits per heavy atom. The average Bonchev–Trinajstić information content (AvgIpc) is 2.96. The van der Waals surface area contributed by atoms with Gasteiger partial charge in [-0.2, -0.15) is 9.40 Å². The van der Waals surface area contributed by atoms with E-state index >= 15 is 0 Å². The molecule has 2 rings (SSSR count). The average molecular weight is 300 g/mol. The molecule has 0 unspecified atom stereocenters. The molecular formula is C12H20N4O3S. The van der Waals surface area contributed by atoms with Crippen LogP contribution in [0.5, 0.6) is 0 Å². The molecule has 1 aliphatic heterocycles. The molecule has 7 nitrogen and oxygen atoms in total. The molecule has 1 amide bonds. The highest BCUT2D eigenvalue weighted by Gasteiger charge is 2.36. The number of sulfonamides is 1. The van der Waals surface area contributed by atoms with Gasteiger partial charge in [0.05, 0.1) is 12.8 Å². The first-order chi connectivity index (χ1) is 9.38. The van der Waals surface area contributed by atoms with E-state index in [1.165, 1.54) is 4.31 Å². The number of nitrogens with zero attached hydrogens (tertiary/aromatic N) is 3. The van der Waals surface area contributed by atoms with E-state index in [1.807, 2.05) is 19.2 Å². The van der Waals surface area contributed by atoms with Crippen molar-refractivity contribution in [3.8, 4) is 0 Å². The molecule has 0 radical (unpaired) electrons. The van der Waals surface area contributed by atoms with Crippen molar-refractivity contribution in [2.24, 2.45) is 0 Å². The first-order valence-electron chi connectivity index (χ1n) is 6.62. The number of hydrogen-bond acceptors (Lipinski definition) is 4. The van der Waals surface area contributed by atoms with Crippen molar-refractivity contribution in [3.63, 3.8) is 0 Å². The van der Waals surface area contributed by atoms with Crippen molar-refractivity contribution in [2.75, 3.05) is 12.8 Å². The maximum Gasteiger partial charge on any atom is 0.238 e. The summed E-state index contributed by atoms with van der Waals surface area (Å²) in [4.78, 5) is 12.2. The summed E-state index contributed by atoms with van der Waals surface area (Å²) in [5.41, 5.74) is 0. The Bertz CT molecular complexity index is 555. The molecule has 1 aromatic heterocycles. The Labute approximate surface area is 119 Å². The summed E-state index contributed by atoms with van der Waals surface area (Å²) >= 11 is 0. The van der Waals surface area contributed by atoms with E-state index in [9.17, 15) is 13.2 Å². The zero-order chi connectivity index (χ0) is 14.8. The Balaban J connectivity index is 1.94. The van der Waals surface area contributed by atoms with Gasteiger partial charge < -0.3 is 5.32 Å². The zero-order valence-electron chi connectivity index (χ0n) is 11.7. The van der Waals surface area contributed by atoms with Crippen LogP contribution in [0.15, 0.2) is 18.5 Å². The van der Waals surface area contributed by atoms with Crippen LogP contribution in [0.3, 0.4) is 0 Å². The van der Waals surface area contributed by atoms with Crippen LogP contribution in [-0.2, 0) is 21.4 Å². The molecule has 0 saturated carbocycles. The summed E-state index contributed by atoms with van der Waals surface area (Å²) in [6.45, 7) is 2.86. The lowest BCUT2D eigenvalue weighted by Gasteiger charge is -2.23. The van der Waals surface area contributed by atoms with Crippen molar-refractivity contribution in [3.05, 3.63) is 18.5 Å². The predicted molar refractivity (Wildman–Crippen MR) is 74.4 cm³/mol. The monoisotopic (exact) mass is 300 g/mol. The minimum atomic E-state index is -3.33. The lowest BCUT2D eigenvalue weighted by Crippen LogP contribution is -2.48. The van der Waals surface area contributed by atoms with E-state index in [2.05, 4.69) is 10.4 Å². The SMILES string of the molecule is C[C@H](Cn1cccn1)NC(=O)[C@H]1CCCN1S(C)(=O)=O. The number of nitrogens with one attached hydrogen (secondary N) is 1. The number of rotatable bonds is 5. The van der Waals surface area contributed by atoms with Gasteiger partial charge in [-0.1, -0.05) is 0 Å². The Morgan fingerprint density at radius 3 is 2.90 bits per heavy atom. The summed E-state index contributed by atoms with van der Waals surface area (Å²) in [5.74, 6) is -0.229. The van der Waals surface area contributed by atoms with Gasteiger partial charge in [0, 0.05) is 25.0 Å². The summed E-state index contributed by atoms with van der Waals surface area (Å²) in [6.07, 6.45) is 5.94. The lowest BCUT2D eigenvalue weighted by molar-refractivity contribution is -0.124. The van der Waals surface area contributed by atoms with Crippen LogP contribution in [0.2, 0.25) is 0 Å². The maximum absolute atomic E-state index is 12.2. The molecule has 1 aromatic rings. The molecule has 1 fully saturated rings. The van der Waals surface area contributed by atoms with Crippen molar-refractivity contribution >= 4 is 15.9 Å². The zero-order valence-corrected chi connectivity index (χ0v) is 12.5. The molecule has 2 atom stereocenters. The third-order valence-corrected chi connectivity index (χ3v) is 4.63. The Hall–Kier alpha value is -1.41. The molecule has 112 valence electrons. The Kier molecular flexibility index (Phi) is 4.44. The summed E-state index contributed by atoms with van der Waals surface area (Å²) in [6, 6.07) is 1.13. The molecule has 1 saturated heterocycles. The maximum atomic E-state index is 12.2. The molecule has 2 heterocycles. The van der Waals surface area contributed by atoms with Gasteiger partial charge in [-0.15, -0.1) is 0 Å². The standard InChI is InChI=1S/C12H20N4O3S/c1-10(9-15-7-4-6-13-15)14-12(17)11-5-3-8-16(11)20(2,18)19/h4,6-7,10-11H,3,5,8-9H2,1-2H3,(H,14,17)/t10-,11-/m1/s1. The minimum absolute atomic E-state index is 0.107. The van der Waals surface area contributed by atoms with E-state index in [-0.39, 0.29) is 11.9 Å². The van der Waals surface area contributed by atoms with E-state index in [0.29, 0.717) is 19.5 Å². The third-order valence-electron chi connectivity index (χ3n) is 3.34. The molecule has 0 bridgehead atoms. The minimum Gasteiger partial charge on any atom is -0.350 e. The van der Waals surface area contributed by atoms with E-state index in [4.69, 9.17) is 0 Å². The third kappa shape index (κ3) is 3.57. The molecular weight excluding hydrogens is 280 g/mol. The number of carbonyl (C=O) groups is 1. The number of hydrogen-bond donors (Lipinski definition) is 1. The summed E-state index contributed by atoms with van der Waals surface area (Å²) in [5, 5.41) is 6.93. The highest BCUT2D eigenvalue weighted by molar-refractivity contribution is 7.88. The van der Waals surface area contributed by atoms with Gasteiger partial charge in [0.1, 0.15) is 6.04 Å². The first-order valence-corrected chi connectivity index (χ1v) is 8.47. The smallest absolute Gasteiger partial charge is 0.238 e. The number of amides is 1. The second-order valence-corrected chi connectivity index (χ2v) is 7.10. The first kappa shape index (κ1) is 15.0. The number of aromatic nitrogens is 2. The highest BCUT2D eigenvalue weighted by Crippen LogP contribution is 2.20. The molecule has 0 aliphatic carbocycles. The van der Waals surface area contributed by atoms with Crippen LogP contribution in [0, 0.1) is 0 Å². The molecule has 1 N–H and O–H groups in total. The predicted octanol–water partition coefficient (Wildman–Crippen LogP) is -0.188. The van der Waals surface area contributed by atoms with Crippen LogP contribution in [0.4, 0.5) is 0 Å². The van der Waals surface area contributed by atoms with Crippen LogP contribution < -0.4 is 5.32 Å². The Morgan fingerprint density at radius 2 is 2.30 bits per heavy atom. The van der Waals surface area contributed by atoms with Crippen molar-refractivity contribution in [1.29, 1.82) is 0 Å². The topological polar surface area (TPSA) is 84.3 Å². The summed E-state index contributed by atoms with van der Waals surface area (Å²) < 4.78 is 26.3. The highest BCUT2D eigenvalue weighted by atomic mass is 32.2. The fourth-order valence-electron chi connectivity index (χ4n) is 2.47. The van der Waals surface area contributed by atoms with E-state index in [0.717, 1.165) is 12.7 Å². The molecule has 0 aromatic carbocycles.